The van der Waals surface area contributed by atoms with Crippen LogP contribution in [0.5, 0.6) is 0 Å². The van der Waals surface area contributed by atoms with Crippen LogP contribution in [0.25, 0.3) is 0 Å². The SMILES string of the molecule is CC(=O)N(CN1C(=O)C2C3C=CC(C4CC34)C2C1=O)c1ccc(Br)c(Cl)c1C. The summed E-state index contributed by atoms with van der Waals surface area (Å²) < 4.78 is 0.736. The molecule has 6 rings (SSSR count). The van der Waals surface area contributed by atoms with Crippen LogP contribution in [0.4, 0.5) is 5.69 Å². The Morgan fingerprint density at radius 2 is 1.75 bits per heavy atom. The highest BCUT2D eigenvalue weighted by Gasteiger charge is 2.67. The van der Waals surface area contributed by atoms with Gasteiger partial charge in [0.25, 0.3) is 0 Å². The summed E-state index contributed by atoms with van der Waals surface area (Å²) in [5.41, 5.74) is 1.34. The number of carbonyl (C=O) groups is 3. The normalized spacial score (nSPS) is 34.5. The van der Waals surface area contributed by atoms with Gasteiger partial charge in [0, 0.05) is 17.1 Å². The quantitative estimate of drug-likeness (QED) is 0.506. The van der Waals surface area contributed by atoms with Gasteiger partial charge in [-0.3, -0.25) is 24.2 Å². The summed E-state index contributed by atoms with van der Waals surface area (Å²) in [6.07, 6.45) is 5.43. The summed E-state index contributed by atoms with van der Waals surface area (Å²) in [5, 5.41) is 0.513. The van der Waals surface area contributed by atoms with E-state index in [1.165, 1.54) is 16.7 Å². The molecule has 1 saturated heterocycles. The Hall–Kier alpha value is -1.66. The molecule has 0 radical (unpaired) electrons. The van der Waals surface area contributed by atoms with E-state index in [0.717, 1.165) is 16.5 Å². The van der Waals surface area contributed by atoms with E-state index < -0.39 is 0 Å². The van der Waals surface area contributed by atoms with Gasteiger partial charge in [0.15, 0.2) is 0 Å². The first-order chi connectivity index (χ1) is 13.3. The minimum atomic E-state index is -0.255. The first kappa shape index (κ1) is 18.4. The second kappa shape index (κ2) is 6.17. The molecule has 1 heterocycles. The fourth-order valence-corrected chi connectivity index (χ4v) is 6.17. The van der Waals surface area contributed by atoms with Crippen LogP contribution < -0.4 is 4.90 Å². The molecule has 2 bridgehead atoms. The van der Waals surface area contributed by atoms with Crippen LogP contribution in [0.2, 0.25) is 5.02 Å². The van der Waals surface area contributed by atoms with Crippen LogP contribution in [0.15, 0.2) is 28.8 Å². The molecule has 146 valence electrons. The summed E-state index contributed by atoms with van der Waals surface area (Å²) in [7, 11) is 0. The van der Waals surface area contributed by atoms with Gasteiger partial charge in [-0.15, -0.1) is 0 Å². The Labute approximate surface area is 176 Å². The third kappa shape index (κ3) is 2.40. The van der Waals surface area contributed by atoms with E-state index in [0.29, 0.717) is 22.5 Å². The molecule has 1 aliphatic heterocycles. The zero-order valence-electron chi connectivity index (χ0n) is 15.6. The maximum Gasteiger partial charge on any atom is 0.235 e. The number of halogens is 2. The lowest BCUT2D eigenvalue weighted by molar-refractivity contribution is -0.140. The molecule has 3 amide bonds. The van der Waals surface area contributed by atoms with Crippen LogP contribution in [0.3, 0.4) is 0 Å². The van der Waals surface area contributed by atoms with Crippen molar-refractivity contribution in [2.75, 3.05) is 11.6 Å². The monoisotopic (exact) mass is 462 g/mol. The molecule has 3 fully saturated rings. The van der Waals surface area contributed by atoms with E-state index in [9.17, 15) is 14.4 Å². The molecular formula is C21H20BrClN2O3. The van der Waals surface area contributed by atoms with Gasteiger partial charge < -0.3 is 0 Å². The molecule has 0 aromatic heterocycles. The smallest absolute Gasteiger partial charge is 0.235 e. The standard InChI is InChI=1S/C21H20BrClN2O3/c1-9-16(6-5-15(22)19(9)23)24(10(2)26)8-25-20(27)17-11-3-4-12(14-7-13(11)14)18(17)21(25)28/h3-6,11-14,17-18H,7-8H2,1-2H3. The number of hydrogen-bond donors (Lipinski definition) is 0. The van der Waals surface area contributed by atoms with Crippen molar-refractivity contribution in [1.29, 1.82) is 0 Å². The lowest BCUT2D eigenvalue weighted by Crippen LogP contribution is -2.44. The molecule has 7 heteroatoms. The molecular weight excluding hydrogens is 444 g/mol. The Bertz CT molecular complexity index is 925. The van der Waals surface area contributed by atoms with Gasteiger partial charge in [-0.2, -0.15) is 0 Å². The van der Waals surface area contributed by atoms with Gasteiger partial charge >= 0.3 is 0 Å². The van der Waals surface area contributed by atoms with Crippen molar-refractivity contribution in [3.63, 3.8) is 0 Å². The van der Waals surface area contributed by atoms with E-state index in [-0.39, 0.29) is 48.1 Å². The van der Waals surface area contributed by atoms with Gasteiger partial charge in [-0.05, 0) is 70.6 Å². The lowest BCUT2D eigenvalue weighted by Gasteiger charge is -2.37. The molecule has 28 heavy (non-hydrogen) atoms. The minimum Gasteiger partial charge on any atom is -0.294 e. The molecule has 6 atom stereocenters. The highest BCUT2D eigenvalue weighted by atomic mass is 79.9. The highest BCUT2D eigenvalue weighted by molar-refractivity contribution is 9.10. The van der Waals surface area contributed by atoms with Crippen LogP contribution in [0, 0.1) is 42.4 Å². The van der Waals surface area contributed by atoms with Crippen molar-refractivity contribution in [3.8, 4) is 0 Å². The molecule has 5 nitrogen and oxygen atoms in total. The number of anilines is 1. The summed E-state index contributed by atoms with van der Waals surface area (Å²) in [5.74, 6) is 0.463. The fourth-order valence-electron chi connectivity index (χ4n) is 5.58. The number of hydrogen-bond acceptors (Lipinski definition) is 3. The molecule has 0 N–H and O–H groups in total. The zero-order valence-corrected chi connectivity index (χ0v) is 17.9. The lowest BCUT2D eigenvalue weighted by atomic mass is 9.63. The molecule has 1 aromatic carbocycles. The summed E-state index contributed by atoms with van der Waals surface area (Å²) in [4.78, 5) is 41.6. The van der Waals surface area contributed by atoms with Gasteiger partial charge in [-0.25, -0.2) is 0 Å². The van der Waals surface area contributed by atoms with Crippen LogP contribution >= 0.6 is 27.5 Å². The second-order valence-electron chi connectivity index (χ2n) is 8.35. The zero-order chi connectivity index (χ0) is 19.9. The van der Waals surface area contributed by atoms with Crippen LogP contribution in [-0.4, -0.2) is 29.3 Å². The average molecular weight is 464 g/mol. The predicted molar refractivity (Wildman–Crippen MR) is 108 cm³/mol. The Morgan fingerprint density at radius 3 is 2.29 bits per heavy atom. The summed E-state index contributed by atoms with van der Waals surface area (Å²) in [6, 6.07) is 3.55. The minimum absolute atomic E-state index is 0.0619. The third-order valence-electron chi connectivity index (χ3n) is 7.02. The molecule has 4 aliphatic carbocycles. The second-order valence-corrected chi connectivity index (χ2v) is 9.59. The number of allylic oxidation sites excluding steroid dienone is 2. The van der Waals surface area contributed by atoms with Crippen LogP contribution in [-0.2, 0) is 14.4 Å². The largest absolute Gasteiger partial charge is 0.294 e. The Kier molecular flexibility index (Phi) is 4.05. The van der Waals surface area contributed by atoms with E-state index >= 15 is 0 Å². The van der Waals surface area contributed by atoms with E-state index in [2.05, 4.69) is 28.1 Å². The van der Waals surface area contributed by atoms with Crippen molar-refractivity contribution in [2.45, 2.75) is 20.3 Å². The van der Waals surface area contributed by atoms with Crippen molar-refractivity contribution in [2.24, 2.45) is 35.5 Å². The predicted octanol–water partition coefficient (Wildman–Crippen LogP) is 3.77. The number of rotatable bonds is 3. The maximum atomic E-state index is 13.2. The number of likely N-dealkylation sites (tertiary alicyclic amines) is 1. The maximum absolute atomic E-state index is 13.2. The Morgan fingerprint density at radius 1 is 1.18 bits per heavy atom. The van der Waals surface area contributed by atoms with Crippen LogP contribution in [0.1, 0.15) is 18.9 Å². The number of carbonyl (C=O) groups excluding carboxylic acids is 3. The number of nitrogens with zero attached hydrogens (tertiary/aromatic N) is 2. The molecule has 5 aliphatic rings. The van der Waals surface area contributed by atoms with E-state index in [4.69, 9.17) is 11.6 Å². The highest BCUT2D eigenvalue weighted by Crippen LogP contribution is 2.65. The molecule has 2 saturated carbocycles. The van der Waals surface area contributed by atoms with Gasteiger partial charge in [0.2, 0.25) is 17.7 Å². The Balaban J connectivity index is 1.47. The first-order valence-electron chi connectivity index (χ1n) is 9.57. The molecule has 6 unspecified atom stereocenters. The van der Waals surface area contributed by atoms with Crippen molar-refractivity contribution in [1.82, 2.24) is 4.90 Å². The van der Waals surface area contributed by atoms with Crippen molar-refractivity contribution < 1.29 is 14.4 Å². The van der Waals surface area contributed by atoms with E-state index in [1.54, 1.807) is 12.1 Å². The molecule has 1 aromatic rings. The molecule has 0 spiro atoms. The topological polar surface area (TPSA) is 57.7 Å². The fraction of sp³-hybridized carbons (Fsp3) is 0.476. The number of amides is 3. The van der Waals surface area contributed by atoms with Gasteiger partial charge in [0.1, 0.15) is 6.67 Å². The van der Waals surface area contributed by atoms with Gasteiger partial charge in [-0.1, -0.05) is 23.8 Å². The summed E-state index contributed by atoms with van der Waals surface area (Å²) >= 11 is 9.72. The number of imide groups is 1. The first-order valence-corrected chi connectivity index (χ1v) is 10.7. The third-order valence-corrected chi connectivity index (χ3v) is 8.39. The number of benzene rings is 1. The van der Waals surface area contributed by atoms with Gasteiger partial charge in [0.05, 0.1) is 16.9 Å². The van der Waals surface area contributed by atoms with Crippen molar-refractivity contribution in [3.05, 3.63) is 39.3 Å². The van der Waals surface area contributed by atoms with Crippen molar-refractivity contribution >= 4 is 50.9 Å². The average Bonchev–Trinajstić information content (AvgIpc) is 3.45. The van der Waals surface area contributed by atoms with E-state index in [1.807, 2.05) is 6.92 Å². The summed E-state index contributed by atoms with van der Waals surface area (Å²) in [6.45, 7) is 3.20.